The van der Waals surface area contributed by atoms with E-state index in [4.69, 9.17) is 9.47 Å². The molecule has 0 unspecified atom stereocenters. The third-order valence-corrected chi connectivity index (χ3v) is 7.95. The van der Waals surface area contributed by atoms with Gasteiger partial charge in [-0.05, 0) is 104 Å². The summed E-state index contributed by atoms with van der Waals surface area (Å²) in [6.07, 6.45) is 9.28. The van der Waals surface area contributed by atoms with Gasteiger partial charge < -0.3 is 9.47 Å². The van der Waals surface area contributed by atoms with E-state index in [1.165, 1.54) is 0 Å². The van der Waals surface area contributed by atoms with E-state index < -0.39 is 11.6 Å². The highest BCUT2D eigenvalue weighted by atomic mass is 19.2. The Bertz CT molecular complexity index is 1180. The van der Waals surface area contributed by atoms with Gasteiger partial charge >= 0.3 is 0 Å². The third-order valence-electron chi connectivity index (χ3n) is 7.95. The zero-order valence-corrected chi connectivity index (χ0v) is 23.3. The smallest absolute Gasteiger partial charge is 0.166 e. The van der Waals surface area contributed by atoms with Crippen LogP contribution in [0.4, 0.5) is 13.2 Å². The molecule has 0 atom stereocenters. The Balaban J connectivity index is 1.28. The molecule has 4 rings (SSSR count). The summed E-state index contributed by atoms with van der Waals surface area (Å²) < 4.78 is 55.7. The van der Waals surface area contributed by atoms with Crippen molar-refractivity contribution < 1.29 is 22.6 Å². The fraction of sp³-hybridized carbons (Fsp3) is 0.471. The number of rotatable bonds is 13. The summed E-state index contributed by atoms with van der Waals surface area (Å²) in [4.78, 5) is 0. The predicted octanol–water partition coefficient (Wildman–Crippen LogP) is 10.0. The number of aryl methyl sites for hydroxylation is 1. The summed E-state index contributed by atoms with van der Waals surface area (Å²) in [5, 5.41) is 0. The Kier molecular flexibility index (Phi) is 10.8. The molecule has 2 nitrogen and oxygen atoms in total. The van der Waals surface area contributed by atoms with Crippen molar-refractivity contribution in [3.8, 4) is 22.6 Å². The Morgan fingerprint density at radius 3 is 2.10 bits per heavy atom. The summed E-state index contributed by atoms with van der Waals surface area (Å²) >= 11 is 0. The van der Waals surface area contributed by atoms with Gasteiger partial charge in [-0.3, -0.25) is 0 Å². The van der Waals surface area contributed by atoms with Crippen LogP contribution in [0.15, 0.2) is 54.6 Å². The third kappa shape index (κ3) is 7.80. The molecule has 0 saturated heterocycles. The first-order chi connectivity index (χ1) is 19.0. The minimum Gasteiger partial charge on any atom is -0.494 e. The van der Waals surface area contributed by atoms with E-state index in [0.29, 0.717) is 48.3 Å². The van der Waals surface area contributed by atoms with E-state index in [-0.39, 0.29) is 11.4 Å². The van der Waals surface area contributed by atoms with Crippen molar-refractivity contribution in [2.45, 2.75) is 84.0 Å². The lowest BCUT2D eigenvalue weighted by atomic mass is 9.77. The normalized spacial score (nSPS) is 17.3. The Labute approximate surface area is 231 Å². The van der Waals surface area contributed by atoms with Gasteiger partial charge in [0.1, 0.15) is 5.75 Å². The molecule has 0 spiro atoms. The Morgan fingerprint density at radius 1 is 0.744 bits per heavy atom. The van der Waals surface area contributed by atoms with Crippen molar-refractivity contribution >= 4 is 0 Å². The standard InChI is InChI=1S/C34H41F3O2/c1-3-5-21-38-29-17-13-26(14-18-29)30-19-15-27(33(36)34(30)37)12-9-24-7-10-25(11-8-24)28-16-20-32(31(35)23-28)39-22-6-4-2/h13-20,23-25H,3-12,21-22H2,1-2H3. The van der Waals surface area contributed by atoms with Crippen molar-refractivity contribution in [2.24, 2.45) is 5.92 Å². The molecule has 0 amide bonds. The quantitative estimate of drug-likeness (QED) is 0.202. The lowest BCUT2D eigenvalue weighted by Crippen LogP contribution is -2.14. The maximum absolute atomic E-state index is 15.0. The second-order valence-corrected chi connectivity index (χ2v) is 10.8. The minimum atomic E-state index is -0.792. The second-order valence-electron chi connectivity index (χ2n) is 10.8. The highest BCUT2D eigenvalue weighted by Crippen LogP contribution is 2.39. The fourth-order valence-electron chi connectivity index (χ4n) is 5.43. The minimum absolute atomic E-state index is 0.269. The van der Waals surface area contributed by atoms with Crippen LogP contribution in [0.5, 0.6) is 11.5 Å². The molecule has 1 aliphatic carbocycles. The molecule has 0 aromatic heterocycles. The summed E-state index contributed by atoms with van der Waals surface area (Å²) in [6, 6.07) is 15.9. The molecule has 0 bridgehead atoms. The van der Waals surface area contributed by atoms with Gasteiger partial charge in [-0.15, -0.1) is 0 Å². The average Bonchev–Trinajstić information content (AvgIpc) is 2.96. The van der Waals surface area contributed by atoms with Crippen molar-refractivity contribution in [1.82, 2.24) is 0 Å². The molecule has 210 valence electrons. The Morgan fingerprint density at radius 2 is 1.44 bits per heavy atom. The SMILES string of the molecule is CCCCOc1ccc(-c2ccc(CCC3CCC(c4ccc(OCCCC)c(F)c4)CC3)c(F)c2F)cc1. The van der Waals surface area contributed by atoms with Gasteiger partial charge in [0.25, 0.3) is 0 Å². The molecular weight excluding hydrogens is 497 g/mol. The predicted molar refractivity (Wildman–Crippen MR) is 152 cm³/mol. The zero-order chi connectivity index (χ0) is 27.6. The lowest BCUT2D eigenvalue weighted by molar-refractivity contribution is 0.292. The van der Waals surface area contributed by atoms with E-state index in [1.54, 1.807) is 48.5 Å². The van der Waals surface area contributed by atoms with Gasteiger partial charge in [0.2, 0.25) is 0 Å². The van der Waals surface area contributed by atoms with Crippen molar-refractivity contribution in [3.05, 3.63) is 83.2 Å². The highest BCUT2D eigenvalue weighted by Gasteiger charge is 2.24. The summed E-state index contributed by atoms with van der Waals surface area (Å²) in [6.45, 7) is 5.37. The maximum atomic E-state index is 15.0. The summed E-state index contributed by atoms with van der Waals surface area (Å²) in [5.74, 6) is 0.0270. The molecule has 39 heavy (non-hydrogen) atoms. The van der Waals surface area contributed by atoms with E-state index >= 15 is 4.39 Å². The second kappa shape index (κ2) is 14.4. The first-order valence-electron chi connectivity index (χ1n) is 14.6. The molecule has 5 heteroatoms. The number of benzene rings is 3. The molecule has 0 aliphatic heterocycles. The fourth-order valence-corrected chi connectivity index (χ4v) is 5.43. The van der Waals surface area contributed by atoms with Crippen LogP contribution in [0.25, 0.3) is 11.1 Å². The van der Waals surface area contributed by atoms with Gasteiger partial charge in [0.05, 0.1) is 13.2 Å². The van der Waals surface area contributed by atoms with Crippen LogP contribution >= 0.6 is 0 Å². The molecule has 0 heterocycles. The van der Waals surface area contributed by atoms with Crippen molar-refractivity contribution in [3.63, 3.8) is 0 Å². The average molecular weight is 539 g/mol. The number of hydrogen-bond donors (Lipinski definition) is 0. The molecule has 3 aromatic rings. The van der Waals surface area contributed by atoms with Gasteiger partial charge in [-0.1, -0.05) is 57.0 Å². The molecular formula is C34H41F3O2. The zero-order valence-electron chi connectivity index (χ0n) is 23.3. The number of unbranched alkanes of at least 4 members (excludes halogenated alkanes) is 2. The Hall–Kier alpha value is -2.95. The van der Waals surface area contributed by atoms with E-state index in [2.05, 4.69) is 13.8 Å². The molecule has 1 fully saturated rings. The topological polar surface area (TPSA) is 18.5 Å². The van der Waals surface area contributed by atoms with Gasteiger partial charge in [-0.2, -0.15) is 0 Å². The molecule has 1 saturated carbocycles. The number of ether oxygens (including phenoxy) is 2. The van der Waals surface area contributed by atoms with Crippen molar-refractivity contribution in [2.75, 3.05) is 13.2 Å². The summed E-state index contributed by atoms with van der Waals surface area (Å²) in [5.41, 5.74) is 2.36. The van der Waals surface area contributed by atoms with Gasteiger partial charge in [0, 0.05) is 5.56 Å². The van der Waals surface area contributed by atoms with E-state index in [1.807, 2.05) is 6.07 Å². The lowest BCUT2D eigenvalue weighted by Gasteiger charge is -2.29. The van der Waals surface area contributed by atoms with Gasteiger partial charge in [0.15, 0.2) is 23.2 Å². The first kappa shape index (κ1) is 29.0. The van der Waals surface area contributed by atoms with Crippen LogP contribution in [-0.4, -0.2) is 13.2 Å². The van der Waals surface area contributed by atoms with Crippen LogP contribution < -0.4 is 9.47 Å². The maximum Gasteiger partial charge on any atom is 0.166 e. The van der Waals surface area contributed by atoms with Crippen LogP contribution in [0.2, 0.25) is 0 Å². The molecule has 0 radical (unpaired) electrons. The monoisotopic (exact) mass is 538 g/mol. The van der Waals surface area contributed by atoms with Crippen LogP contribution in [0.1, 0.15) is 88.7 Å². The van der Waals surface area contributed by atoms with Gasteiger partial charge in [-0.25, -0.2) is 13.2 Å². The van der Waals surface area contributed by atoms with E-state index in [0.717, 1.165) is 69.1 Å². The molecule has 1 aliphatic rings. The number of halogens is 3. The molecule has 0 N–H and O–H groups in total. The van der Waals surface area contributed by atoms with Crippen molar-refractivity contribution in [1.29, 1.82) is 0 Å². The largest absolute Gasteiger partial charge is 0.494 e. The molecule has 3 aromatic carbocycles. The van der Waals surface area contributed by atoms with Crippen LogP contribution in [0, 0.1) is 23.4 Å². The highest BCUT2D eigenvalue weighted by molar-refractivity contribution is 5.65. The first-order valence-corrected chi connectivity index (χ1v) is 14.6. The van der Waals surface area contributed by atoms with Crippen LogP contribution in [0.3, 0.4) is 0 Å². The van der Waals surface area contributed by atoms with E-state index in [9.17, 15) is 8.78 Å². The number of hydrogen-bond acceptors (Lipinski definition) is 2. The van der Waals surface area contributed by atoms with Crippen LogP contribution in [-0.2, 0) is 6.42 Å². The summed E-state index contributed by atoms with van der Waals surface area (Å²) in [7, 11) is 0.